The quantitative estimate of drug-likeness (QED) is 0.597. The third kappa shape index (κ3) is 4.47. The lowest BCUT2D eigenvalue weighted by molar-refractivity contribution is 0.236. The van der Waals surface area contributed by atoms with Crippen molar-refractivity contribution in [1.29, 1.82) is 0 Å². The van der Waals surface area contributed by atoms with Crippen molar-refractivity contribution in [2.45, 2.75) is 52.9 Å². The summed E-state index contributed by atoms with van der Waals surface area (Å²) in [7, 11) is 1.88. The van der Waals surface area contributed by atoms with Gasteiger partial charge in [-0.25, -0.2) is 0 Å². The molecule has 0 amide bonds. The van der Waals surface area contributed by atoms with Crippen LogP contribution in [0.5, 0.6) is 0 Å². The summed E-state index contributed by atoms with van der Waals surface area (Å²) in [6.45, 7) is 17.0. The van der Waals surface area contributed by atoms with Gasteiger partial charge in [0.05, 0.1) is 22.8 Å². The van der Waals surface area contributed by atoms with Crippen molar-refractivity contribution in [1.82, 2.24) is 15.3 Å². The Balaban J connectivity index is 2.72. The minimum absolute atomic E-state index is 0.0684. The van der Waals surface area contributed by atoms with Crippen LogP contribution in [0.4, 0.5) is 0 Å². The van der Waals surface area contributed by atoms with Gasteiger partial charge < -0.3 is 5.32 Å². The molecule has 2 unspecified atom stereocenters. The van der Waals surface area contributed by atoms with Crippen LogP contribution in [0.15, 0.2) is 43.6 Å². The zero-order valence-corrected chi connectivity index (χ0v) is 17.5. The molecule has 3 nitrogen and oxygen atoms in total. The first kappa shape index (κ1) is 20.9. The second-order valence-electron chi connectivity index (χ2n) is 7.54. The maximum Gasteiger partial charge on any atom is 0.0858 e. The van der Waals surface area contributed by atoms with Crippen LogP contribution in [0.25, 0.3) is 11.8 Å². The van der Waals surface area contributed by atoms with E-state index in [0.717, 1.165) is 47.6 Å². The molecule has 1 N–H and O–H groups in total. The highest BCUT2D eigenvalue weighted by Gasteiger charge is 2.37. The average molecular weight is 364 g/mol. The number of nitrogens with one attached hydrogen (secondary N) is 1. The second-order valence-corrected chi connectivity index (χ2v) is 7.54. The molecule has 2 aromatic rings. The van der Waals surface area contributed by atoms with Gasteiger partial charge in [-0.3, -0.25) is 9.97 Å². The minimum atomic E-state index is 0.0684. The topological polar surface area (TPSA) is 37.8 Å². The molecule has 2 rings (SSSR count). The second kappa shape index (κ2) is 8.98. The summed E-state index contributed by atoms with van der Waals surface area (Å²) in [6.07, 6.45) is 7.07. The van der Waals surface area contributed by atoms with E-state index in [2.05, 4.69) is 58.3 Å². The van der Waals surface area contributed by atoms with Crippen LogP contribution in [-0.4, -0.2) is 17.0 Å². The first-order valence-electron chi connectivity index (χ1n) is 9.83. The molecule has 0 radical (unpaired) electrons. The Morgan fingerprint density at radius 2 is 2.04 bits per heavy atom. The molecule has 0 saturated carbocycles. The Morgan fingerprint density at radius 1 is 1.30 bits per heavy atom. The molecule has 2 atom stereocenters. The fourth-order valence-corrected chi connectivity index (χ4v) is 3.81. The fraction of sp³-hybridized carbons (Fsp3) is 0.417. The number of hydrogen-bond acceptors (Lipinski definition) is 3. The molecule has 144 valence electrons. The Morgan fingerprint density at radius 3 is 2.63 bits per heavy atom. The molecule has 0 spiro atoms. The summed E-state index contributed by atoms with van der Waals surface area (Å²) in [5.74, 6) is 0.118. The molecular weight excluding hydrogens is 330 g/mol. The van der Waals surface area contributed by atoms with Crippen LogP contribution in [0.2, 0.25) is 0 Å². The van der Waals surface area contributed by atoms with Gasteiger partial charge in [0.15, 0.2) is 0 Å². The molecule has 0 saturated heterocycles. The van der Waals surface area contributed by atoms with E-state index in [1.54, 1.807) is 0 Å². The van der Waals surface area contributed by atoms with E-state index in [4.69, 9.17) is 9.97 Å². The predicted octanol–water partition coefficient (Wildman–Crippen LogP) is 5.97. The lowest BCUT2D eigenvalue weighted by Gasteiger charge is -2.37. The number of nitrogens with zero attached hydrogens (tertiary/aromatic N) is 2. The first-order chi connectivity index (χ1) is 12.9. The van der Waals surface area contributed by atoms with Crippen LogP contribution >= 0.6 is 0 Å². The van der Waals surface area contributed by atoms with Gasteiger partial charge in [-0.2, -0.15) is 0 Å². The number of pyridine rings is 2. The van der Waals surface area contributed by atoms with Crippen molar-refractivity contribution in [2.24, 2.45) is 5.41 Å². The SMILES string of the molecule is C=Cc1ccnc(C(c2nc(C(=C)NC)ccc2C)C(C)(CC)CCC)c1. The zero-order chi connectivity index (χ0) is 20.0. The molecule has 2 aromatic heterocycles. The average Bonchev–Trinajstić information content (AvgIpc) is 2.69. The summed E-state index contributed by atoms with van der Waals surface area (Å²) in [6, 6.07) is 8.33. The molecule has 0 aliphatic carbocycles. The maximum atomic E-state index is 5.04. The Labute approximate surface area is 164 Å². The summed E-state index contributed by atoms with van der Waals surface area (Å²) >= 11 is 0. The standard InChI is InChI=1S/C24H33N3/c1-8-14-24(6,10-3)22(21-16-19(9-2)13-15-26-21)23-17(4)11-12-20(27-23)18(5)25-7/h9,11-13,15-16,22,25H,2,5,8,10,14H2,1,3-4,6-7H3. The fourth-order valence-electron chi connectivity index (χ4n) is 3.81. The largest absolute Gasteiger partial charge is 0.387 e. The van der Waals surface area contributed by atoms with E-state index >= 15 is 0 Å². The summed E-state index contributed by atoms with van der Waals surface area (Å²) < 4.78 is 0. The van der Waals surface area contributed by atoms with Gasteiger partial charge in [0.2, 0.25) is 0 Å². The number of aromatic nitrogens is 2. The Bertz CT molecular complexity index is 809. The molecule has 0 bridgehead atoms. The number of aryl methyl sites for hydroxylation is 1. The van der Waals surface area contributed by atoms with Gasteiger partial charge in [0, 0.05) is 19.2 Å². The summed E-state index contributed by atoms with van der Waals surface area (Å²) in [5.41, 5.74) is 6.22. The molecule has 0 aromatic carbocycles. The minimum Gasteiger partial charge on any atom is -0.387 e. The molecule has 3 heteroatoms. The summed E-state index contributed by atoms with van der Waals surface area (Å²) in [4.78, 5) is 9.81. The zero-order valence-electron chi connectivity index (χ0n) is 17.5. The molecule has 27 heavy (non-hydrogen) atoms. The van der Waals surface area contributed by atoms with E-state index in [9.17, 15) is 0 Å². The van der Waals surface area contributed by atoms with Gasteiger partial charge in [-0.05, 0) is 54.5 Å². The third-order valence-electron chi connectivity index (χ3n) is 5.68. The van der Waals surface area contributed by atoms with E-state index < -0.39 is 0 Å². The van der Waals surface area contributed by atoms with Gasteiger partial charge in [0.25, 0.3) is 0 Å². The molecule has 0 fully saturated rings. The molecule has 0 aliphatic rings. The first-order valence-corrected chi connectivity index (χ1v) is 9.83. The highest BCUT2D eigenvalue weighted by Crippen LogP contribution is 2.46. The van der Waals surface area contributed by atoms with Gasteiger partial charge in [-0.1, -0.05) is 52.5 Å². The van der Waals surface area contributed by atoms with Crippen LogP contribution in [-0.2, 0) is 0 Å². The van der Waals surface area contributed by atoms with E-state index in [1.165, 1.54) is 5.56 Å². The van der Waals surface area contributed by atoms with Gasteiger partial charge >= 0.3 is 0 Å². The van der Waals surface area contributed by atoms with Crippen molar-refractivity contribution in [2.75, 3.05) is 7.05 Å². The predicted molar refractivity (Wildman–Crippen MR) is 117 cm³/mol. The Kier molecular flexibility index (Phi) is 6.95. The van der Waals surface area contributed by atoms with Crippen molar-refractivity contribution >= 4 is 11.8 Å². The number of hydrogen-bond donors (Lipinski definition) is 1. The van der Waals surface area contributed by atoms with Crippen molar-refractivity contribution in [3.8, 4) is 0 Å². The van der Waals surface area contributed by atoms with Crippen LogP contribution in [0.3, 0.4) is 0 Å². The smallest absolute Gasteiger partial charge is 0.0858 e. The van der Waals surface area contributed by atoms with Gasteiger partial charge in [0.1, 0.15) is 0 Å². The highest BCUT2D eigenvalue weighted by atomic mass is 14.9. The van der Waals surface area contributed by atoms with Crippen molar-refractivity contribution in [3.63, 3.8) is 0 Å². The van der Waals surface area contributed by atoms with Crippen LogP contribution in [0, 0.1) is 12.3 Å². The summed E-state index contributed by atoms with van der Waals surface area (Å²) in [5, 5.41) is 3.12. The van der Waals surface area contributed by atoms with Gasteiger partial charge in [-0.15, -0.1) is 0 Å². The monoisotopic (exact) mass is 363 g/mol. The normalized spacial score (nSPS) is 14.3. The molecule has 2 heterocycles. The lowest BCUT2D eigenvalue weighted by atomic mass is 9.68. The maximum absolute atomic E-state index is 5.04. The van der Waals surface area contributed by atoms with Crippen LogP contribution in [0.1, 0.15) is 74.2 Å². The van der Waals surface area contributed by atoms with E-state index in [1.807, 2.05) is 31.5 Å². The molecular formula is C24H33N3. The van der Waals surface area contributed by atoms with Crippen molar-refractivity contribution in [3.05, 3.63) is 71.8 Å². The lowest BCUT2D eigenvalue weighted by Crippen LogP contribution is -2.28. The van der Waals surface area contributed by atoms with Crippen LogP contribution < -0.4 is 5.32 Å². The highest BCUT2D eigenvalue weighted by molar-refractivity contribution is 5.58. The Hall–Kier alpha value is -2.42. The number of rotatable bonds is 9. The van der Waals surface area contributed by atoms with E-state index in [0.29, 0.717) is 0 Å². The van der Waals surface area contributed by atoms with E-state index in [-0.39, 0.29) is 11.3 Å². The van der Waals surface area contributed by atoms with Crippen molar-refractivity contribution < 1.29 is 0 Å². The molecule has 0 aliphatic heterocycles. The third-order valence-corrected chi connectivity index (χ3v) is 5.68.